The fourth-order valence-corrected chi connectivity index (χ4v) is 4.01. The fourth-order valence-electron chi connectivity index (χ4n) is 4.01. The highest BCUT2D eigenvalue weighted by molar-refractivity contribution is 6.02. The van der Waals surface area contributed by atoms with Gasteiger partial charge in [0, 0.05) is 25.3 Å². The number of aliphatic hydroxyl groups is 3. The summed E-state index contributed by atoms with van der Waals surface area (Å²) in [7, 11) is 0. The quantitative estimate of drug-likeness (QED) is 0.372. The minimum atomic E-state index is -1.35. The van der Waals surface area contributed by atoms with Crippen LogP contribution in [0.15, 0.2) is 42.0 Å². The molecule has 9 heteroatoms. The number of carbonyl (C=O) groups is 1. The maximum Gasteiger partial charge on any atom is 0.262 e. The molecule has 4 atom stereocenters. The number of nitriles is 1. The largest absolute Gasteiger partial charge is 0.388 e. The van der Waals surface area contributed by atoms with Crippen molar-refractivity contribution in [2.75, 3.05) is 44.4 Å². The number of carbonyl (C=O) groups excluding carboxylic acids is 1. The Morgan fingerprint density at radius 1 is 1.12 bits per heavy atom. The van der Waals surface area contributed by atoms with Crippen LogP contribution in [-0.2, 0) is 14.3 Å². The molecule has 0 aromatic heterocycles. The van der Waals surface area contributed by atoms with Crippen LogP contribution in [0.2, 0.25) is 0 Å². The van der Waals surface area contributed by atoms with Gasteiger partial charge in [0.1, 0.15) is 36.1 Å². The smallest absolute Gasteiger partial charge is 0.262 e. The first kappa shape index (κ1) is 23.2. The number of nitrogens with zero attached hydrogens (tertiary/aromatic N) is 2. The third kappa shape index (κ3) is 5.33. The molecule has 4 rings (SSSR count). The second-order valence-corrected chi connectivity index (χ2v) is 8.19. The van der Waals surface area contributed by atoms with E-state index in [2.05, 4.69) is 22.3 Å². The third-order valence-electron chi connectivity index (χ3n) is 5.97. The van der Waals surface area contributed by atoms with Gasteiger partial charge in [-0.1, -0.05) is 18.2 Å². The predicted molar refractivity (Wildman–Crippen MR) is 121 cm³/mol. The molecular weight excluding hydrogens is 426 g/mol. The number of morpholine rings is 1. The molecule has 33 heavy (non-hydrogen) atoms. The van der Waals surface area contributed by atoms with E-state index in [4.69, 9.17) is 9.47 Å². The third-order valence-corrected chi connectivity index (χ3v) is 5.97. The summed E-state index contributed by atoms with van der Waals surface area (Å²) in [4.78, 5) is 14.8. The van der Waals surface area contributed by atoms with Crippen molar-refractivity contribution in [1.29, 1.82) is 5.26 Å². The van der Waals surface area contributed by atoms with Crippen LogP contribution in [-0.4, -0.2) is 85.1 Å². The first-order valence-electron chi connectivity index (χ1n) is 10.9. The summed E-state index contributed by atoms with van der Waals surface area (Å²) >= 11 is 0. The van der Waals surface area contributed by atoms with Gasteiger partial charge < -0.3 is 35.0 Å². The lowest BCUT2D eigenvalue weighted by atomic mass is 10.00. The first-order valence-corrected chi connectivity index (χ1v) is 10.9. The van der Waals surface area contributed by atoms with Gasteiger partial charge in [-0.15, -0.1) is 0 Å². The highest BCUT2D eigenvalue weighted by Crippen LogP contribution is 2.25. The van der Waals surface area contributed by atoms with E-state index in [1.807, 2.05) is 30.3 Å². The van der Waals surface area contributed by atoms with Gasteiger partial charge in [-0.25, -0.2) is 0 Å². The number of hydrogen-bond donors (Lipinski definition) is 4. The first-order chi connectivity index (χ1) is 16.0. The van der Waals surface area contributed by atoms with Crippen LogP contribution in [0.1, 0.15) is 5.56 Å². The van der Waals surface area contributed by atoms with Gasteiger partial charge in [0.25, 0.3) is 5.91 Å². The molecule has 0 aliphatic carbocycles. The normalized spacial score (nSPS) is 26.1. The van der Waals surface area contributed by atoms with E-state index in [0.717, 1.165) is 42.8 Å². The summed E-state index contributed by atoms with van der Waals surface area (Å²) in [6.45, 7) is 2.89. The molecule has 4 N–H and O–H groups in total. The number of nitrogens with one attached hydrogen (secondary N) is 1. The minimum Gasteiger partial charge on any atom is -0.388 e. The maximum absolute atomic E-state index is 12.5. The van der Waals surface area contributed by atoms with Crippen LogP contribution < -0.4 is 10.2 Å². The molecule has 0 unspecified atom stereocenters. The van der Waals surface area contributed by atoms with E-state index in [1.54, 1.807) is 0 Å². The highest BCUT2D eigenvalue weighted by atomic mass is 16.5. The van der Waals surface area contributed by atoms with Gasteiger partial charge in [-0.3, -0.25) is 4.79 Å². The summed E-state index contributed by atoms with van der Waals surface area (Å²) < 4.78 is 10.7. The van der Waals surface area contributed by atoms with Crippen LogP contribution >= 0.6 is 0 Å². The van der Waals surface area contributed by atoms with Crippen LogP contribution in [0.3, 0.4) is 0 Å². The minimum absolute atomic E-state index is 0.0924. The average molecular weight is 453 g/mol. The van der Waals surface area contributed by atoms with Crippen molar-refractivity contribution in [2.24, 2.45) is 0 Å². The summed E-state index contributed by atoms with van der Waals surface area (Å²) in [5.41, 5.74) is 1.75. The lowest BCUT2D eigenvalue weighted by molar-refractivity contribution is -0.185. The molecule has 2 aromatic rings. The van der Waals surface area contributed by atoms with Crippen LogP contribution in [0.5, 0.6) is 0 Å². The summed E-state index contributed by atoms with van der Waals surface area (Å²) in [6.07, 6.45) is -3.26. The maximum atomic E-state index is 12.5. The van der Waals surface area contributed by atoms with Crippen molar-refractivity contribution in [2.45, 2.75) is 24.4 Å². The van der Waals surface area contributed by atoms with E-state index >= 15 is 0 Å². The Hall–Kier alpha value is -3.00. The standard InChI is InChI=1S/C24H27N3O6/c25-12-18(24(31)26-13-21-23(30)22(29)20(28)14-33-21)10-15-1-2-17-11-19(4-3-16(17)9-15)27-5-7-32-8-6-27/h1-4,9-11,20-23,28-30H,5-8,13-14H2,(H,26,31)/b18-10+/t20-,21+,22+,23+/m0/s1. The van der Waals surface area contributed by atoms with Crippen molar-refractivity contribution in [3.63, 3.8) is 0 Å². The number of benzene rings is 2. The molecule has 174 valence electrons. The Morgan fingerprint density at radius 3 is 2.61 bits per heavy atom. The number of aliphatic hydroxyl groups excluding tert-OH is 3. The number of fused-ring (bicyclic) bond motifs is 1. The predicted octanol–water partition coefficient (Wildman–Crippen LogP) is 0.181. The molecule has 2 aliphatic rings. The summed E-state index contributed by atoms with van der Waals surface area (Å²) in [5.74, 6) is -0.614. The topological polar surface area (TPSA) is 135 Å². The molecule has 2 aromatic carbocycles. The number of ether oxygens (including phenoxy) is 2. The molecule has 1 amide bonds. The SMILES string of the molecule is N#C/C(=C\c1ccc2cc(N3CCOCC3)ccc2c1)C(=O)NC[C@H]1OC[C@H](O)[C@@H](O)[C@@H]1O. The molecule has 2 fully saturated rings. The monoisotopic (exact) mass is 453 g/mol. The van der Waals surface area contributed by atoms with Crippen molar-refractivity contribution in [3.05, 3.63) is 47.5 Å². The van der Waals surface area contributed by atoms with Crippen molar-refractivity contribution in [1.82, 2.24) is 5.32 Å². The Kier molecular flexibility index (Phi) is 7.23. The molecule has 0 spiro atoms. The van der Waals surface area contributed by atoms with E-state index in [0.29, 0.717) is 5.56 Å². The number of amides is 1. The molecular formula is C24H27N3O6. The van der Waals surface area contributed by atoms with Gasteiger partial charge in [-0.2, -0.15) is 5.26 Å². The number of rotatable bonds is 5. The molecule has 2 heterocycles. The van der Waals surface area contributed by atoms with Gasteiger partial charge >= 0.3 is 0 Å². The number of hydrogen-bond acceptors (Lipinski definition) is 8. The molecule has 0 saturated carbocycles. The van der Waals surface area contributed by atoms with E-state index in [9.17, 15) is 25.4 Å². The summed E-state index contributed by atoms with van der Waals surface area (Å²) in [5, 5.41) is 43.3. The van der Waals surface area contributed by atoms with Gasteiger partial charge in [-0.05, 0) is 40.6 Å². The zero-order chi connectivity index (χ0) is 23.4. The Morgan fingerprint density at radius 2 is 1.85 bits per heavy atom. The lowest BCUT2D eigenvalue weighted by Gasteiger charge is -2.35. The van der Waals surface area contributed by atoms with Gasteiger partial charge in [0.15, 0.2) is 0 Å². The van der Waals surface area contributed by atoms with E-state index in [-0.39, 0.29) is 18.7 Å². The molecule has 2 aliphatic heterocycles. The van der Waals surface area contributed by atoms with E-state index in [1.165, 1.54) is 6.08 Å². The van der Waals surface area contributed by atoms with E-state index < -0.39 is 30.3 Å². The van der Waals surface area contributed by atoms with Crippen LogP contribution in [0, 0.1) is 11.3 Å². The van der Waals surface area contributed by atoms with Crippen molar-refractivity contribution >= 4 is 28.4 Å². The summed E-state index contributed by atoms with van der Waals surface area (Å²) in [6, 6.07) is 13.8. The van der Waals surface area contributed by atoms with Crippen LogP contribution in [0.25, 0.3) is 16.8 Å². The van der Waals surface area contributed by atoms with Crippen molar-refractivity contribution < 1.29 is 29.6 Å². The molecule has 0 radical (unpaired) electrons. The average Bonchev–Trinajstić information content (AvgIpc) is 2.85. The molecule has 0 bridgehead atoms. The Labute approximate surface area is 191 Å². The molecule has 2 saturated heterocycles. The van der Waals surface area contributed by atoms with Crippen LogP contribution in [0.4, 0.5) is 5.69 Å². The fraction of sp³-hybridized carbons (Fsp3) is 0.417. The zero-order valence-corrected chi connectivity index (χ0v) is 18.1. The van der Waals surface area contributed by atoms with Gasteiger partial charge in [0.05, 0.1) is 19.8 Å². The highest BCUT2D eigenvalue weighted by Gasteiger charge is 2.37. The van der Waals surface area contributed by atoms with Gasteiger partial charge in [0.2, 0.25) is 0 Å². The second-order valence-electron chi connectivity index (χ2n) is 8.19. The second kappa shape index (κ2) is 10.3. The Balaban J connectivity index is 1.44. The lowest BCUT2D eigenvalue weighted by Crippen LogP contribution is -2.56. The zero-order valence-electron chi connectivity index (χ0n) is 18.1. The Bertz CT molecular complexity index is 1080. The van der Waals surface area contributed by atoms with Crippen molar-refractivity contribution in [3.8, 4) is 6.07 Å². The number of anilines is 1. The molecule has 9 nitrogen and oxygen atoms in total.